The van der Waals surface area contributed by atoms with Crippen LogP contribution in [0.5, 0.6) is 0 Å². The van der Waals surface area contributed by atoms with E-state index in [0.29, 0.717) is 22.4 Å². The molecule has 8 nitrogen and oxygen atoms in total. The molecule has 0 fully saturated rings. The van der Waals surface area contributed by atoms with E-state index in [1.165, 1.54) is 20.3 Å². The van der Waals surface area contributed by atoms with Crippen LogP contribution >= 0.6 is 0 Å². The number of oxime groups is 1. The molecule has 0 heterocycles. The number of Topliss-reactive ketones (excluding diaryl/α,β-unsaturated/α-hetero) is 3. The van der Waals surface area contributed by atoms with Gasteiger partial charge in [-0.3, -0.25) is 19.2 Å². The van der Waals surface area contributed by atoms with Crippen molar-refractivity contribution in [2.75, 3.05) is 14.2 Å². The van der Waals surface area contributed by atoms with Crippen LogP contribution in [0.25, 0.3) is 0 Å². The second kappa shape index (κ2) is 15.9. The first kappa shape index (κ1) is 29.3. The Kier molecular flexibility index (Phi) is 12.3. The van der Waals surface area contributed by atoms with E-state index < -0.39 is 17.7 Å². The van der Waals surface area contributed by atoms with Crippen LogP contribution in [-0.2, 0) is 14.3 Å². The van der Waals surface area contributed by atoms with Gasteiger partial charge in [-0.15, -0.1) is 0 Å². The molecule has 4 rings (SSSR count). The lowest BCUT2D eigenvalue weighted by molar-refractivity contribution is -0.123. The van der Waals surface area contributed by atoms with Crippen LogP contribution in [0.1, 0.15) is 31.1 Å². The summed E-state index contributed by atoms with van der Waals surface area (Å²) < 4.78 is 9.84. The highest BCUT2D eigenvalue weighted by molar-refractivity contribution is 6.49. The zero-order valence-corrected chi connectivity index (χ0v) is 20.9. The zero-order chi connectivity index (χ0) is 27.8. The highest BCUT2D eigenvalue weighted by Gasteiger charge is 2.22. The standard InChI is InChI=1S/C14H10O2.C8H7NO2.C8H10O3/c15-13(11-7-3-1-4-8-11)14(16)12-9-5-2-6-10-12;10-8(6-9-11)7-4-2-1-3-5-7;1-10-7-5-3-4-6(9)8(7)11-2/h1-10H;1-6,11H;3-5,8H,1-2H3. The van der Waals surface area contributed by atoms with Crippen LogP contribution in [0.2, 0.25) is 0 Å². The minimum Gasteiger partial charge on any atom is -0.498 e. The minimum absolute atomic E-state index is 0.0770. The average Bonchev–Trinajstić information content (AvgIpc) is 2.98. The molecule has 1 unspecified atom stereocenters. The molecule has 0 amide bonds. The van der Waals surface area contributed by atoms with E-state index in [4.69, 9.17) is 14.7 Å². The van der Waals surface area contributed by atoms with Crippen molar-refractivity contribution in [2.24, 2.45) is 5.16 Å². The Bertz CT molecular complexity index is 1250. The summed E-state index contributed by atoms with van der Waals surface area (Å²) in [6.45, 7) is 0. The van der Waals surface area contributed by atoms with Gasteiger partial charge < -0.3 is 14.7 Å². The number of rotatable bonds is 7. The van der Waals surface area contributed by atoms with Crippen molar-refractivity contribution in [3.8, 4) is 0 Å². The highest BCUT2D eigenvalue weighted by Crippen LogP contribution is 2.13. The summed E-state index contributed by atoms with van der Waals surface area (Å²) >= 11 is 0. The van der Waals surface area contributed by atoms with Crippen LogP contribution in [0.4, 0.5) is 0 Å². The van der Waals surface area contributed by atoms with Gasteiger partial charge in [0.2, 0.25) is 17.3 Å². The quantitative estimate of drug-likeness (QED) is 0.159. The topological polar surface area (TPSA) is 119 Å². The van der Waals surface area contributed by atoms with Crippen LogP contribution in [0.3, 0.4) is 0 Å². The second-order valence-corrected chi connectivity index (χ2v) is 7.52. The molecule has 0 radical (unpaired) electrons. The van der Waals surface area contributed by atoms with Gasteiger partial charge in [-0.25, -0.2) is 0 Å². The van der Waals surface area contributed by atoms with Crippen LogP contribution in [0, 0.1) is 0 Å². The minimum atomic E-state index is -0.551. The molecule has 0 aliphatic heterocycles. The third-order valence-corrected chi connectivity index (χ3v) is 5.02. The number of hydrogen-bond acceptors (Lipinski definition) is 8. The smallest absolute Gasteiger partial charge is 0.233 e. The Hall–Kier alpha value is -4.95. The van der Waals surface area contributed by atoms with Crippen molar-refractivity contribution in [3.05, 3.63) is 132 Å². The Morgan fingerprint density at radius 2 is 1.21 bits per heavy atom. The van der Waals surface area contributed by atoms with Gasteiger partial charge in [0.15, 0.2) is 11.9 Å². The van der Waals surface area contributed by atoms with E-state index in [1.807, 2.05) is 18.2 Å². The SMILES string of the molecule is COC1=CC=CC(=O)C1OC.O=C(C(=O)c1ccccc1)c1ccccc1.O=C(C=NO)c1ccccc1. The fourth-order valence-electron chi connectivity index (χ4n) is 3.13. The number of ether oxygens (including phenoxy) is 2. The normalized spacial score (nSPS) is 13.8. The number of nitrogens with zero attached hydrogens (tertiary/aromatic N) is 1. The summed E-state index contributed by atoms with van der Waals surface area (Å²) in [7, 11) is 3.00. The predicted octanol–water partition coefficient (Wildman–Crippen LogP) is 4.75. The number of benzene rings is 3. The molecule has 194 valence electrons. The molecule has 8 heteroatoms. The van der Waals surface area contributed by atoms with Crippen molar-refractivity contribution in [1.29, 1.82) is 0 Å². The van der Waals surface area contributed by atoms with E-state index >= 15 is 0 Å². The maximum absolute atomic E-state index is 11.8. The van der Waals surface area contributed by atoms with Crippen molar-refractivity contribution in [1.82, 2.24) is 0 Å². The fraction of sp³-hybridized carbons (Fsp3) is 0.100. The molecule has 1 aliphatic carbocycles. The number of hydrogen-bond donors (Lipinski definition) is 1. The van der Waals surface area contributed by atoms with Gasteiger partial charge in [-0.05, 0) is 12.2 Å². The van der Waals surface area contributed by atoms with Crippen molar-refractivity contribution in [3.63, 3.8) is 0 Å². The number of methoxy groups -OCH3 is 2. The Balaban J connectivity index is 0.000000206. The third kappa shape index (κ3) is 8.92. The molecule has 0 saturated carbocycles. The van der Waals surface area contributed by atoms with Gasteiger partial charge in [0.1, 0.15) is 12.0 Å². The Morgan fingerprint density at radius 1 is 0.763 bits per heavy atom. The van der Waals surface area contributed by atoms with Gasteiger partial charge in [0.25, 0.3) is 0 Å². The molecule has 0 bridgehead atoms. The van der Waals surface area contributed by atoms with E-state index in [0.717, 1.165) is 6.21 Å². The summed E-state index contributed by atoms with van der Waals surface area (Å²) in [5.41, 5.74) is 1.37. The molecule has 3 aromatic rings. The van der Waals surface area contributed by atoms with E-state index in [2.05, 4.69) is 5.16 Å². The lowest BCUT2D eigenvalue weighted by Crippen LogP contribution is -2.26. The fourth-order valence-corrected chi connectivity index (χ4v) is 3.13. The second-order valence-electron chi connectivity index (χ2n) is 7.52. The Labute approximate surface area is 220 Å². The van der Waals surface area contributed by atoms with Gasteiger partial charge in [-0.2, -0.15) is 0 Å². The molecular formula is C30H27NO7. The first-order valence-corrected chi connectivity index (χ1v) is 11.4. The summed E-state index contributed by atoms with van der Waals surface area (Å²) in [5.74, 6) is -0.751. The summed E-state index contributed by atoms with van der Waals surface area (Å²) in [4.78, 5) is 45.6. The van der Waals surface area contributed by atoms with Gasteiger partial charge in [-0.1, -0.05) is 102 Å². The largest absolute Gasteiger partial charge is 0.498 e. The van der Waals surface area contributed by atoms with Gasteiger partial charge in [0, 0.05) is 23.8 Å². The number of carbonyl (C=O) groups excluding carboxylic acids is 4. The Morgan fingerprint density at radius 3 is 1.58 bits per heavy atom. The lowest BCUT2D eigenvalue weighted by Gasteiger charge is -2.16. The summed E-state index contributed by atoms with van der Waals surface area (Å²) in [6.07, 6.45) is 5.16. The zero-order valence-electron chi connectivity index (χ0n) is 20.9. The van der Waals surface area contributed by atoms with E-state index in [9.17, 15) is 19.2 Å². The van der Waals surface area contributed by atoms with Gasteiger partial charge >= 0.3 is 0 Å². The third-order valence-electron chi connectivity index (χ3n) is 5.02. The van der Waals surface area contributed by atoms with E-state index in [1.54, 1.807) is 84.9 Å². The molecular weight excluding hydrogens is 486 g/mol. The molecule has 1 aliphatic rings. The summed E-state index contributed by atoms with van der Waals surface area (Å²) in [5, 5.41) is 10.7. The average molecular weight is 514 g/mol. The van der Waals surface area contributed by atoms with Crippen LogP contribution in [0.15, 0.2) is 120 Å². The number of allylic oxidation sites excluding steroid dienone is 2. The van der Waals surface area contributed by atoms with Crippen molar-refractivity contribution >= 4 is 29.3 Å². The van der Waals surface area contributed by atoms with Crippen LogP contribution < -0.4 is 0 Å². The number of carbonyl (C=O) groups is 4. The lowest BCUT2D eigenvalue weighted by atomic mass is 10.0. The number of ketones is 4. The van der Waals surface area contributed by atoms with Crippen molar-refractivity contribution in [2.45, 2.75) is 6.10 Å². The molecule has 0 aromatic heterocycles. The molecule has 0 saturated heterocycles. The molecule has 38 heavy (non-hydrogen) atoms. The van der Waals surface area contributed by atoms with Crippen molar-refractivity contribution < 1.29 is 33.9 Å². The first-order valence-electron chi connectivity index (χ1n) is 11.4. The molecule has 1 N–H and O–H groups in total. The highest BCUT2D eigenvalue weighted by atomic mass is 16.5. The molecule has 1 atom stereocenters. The first-order chi connectivity index (χ1) is 18.4. The molecule has 0 spiro atoms. The van der Waals surface area contributed by atoms with Gasteiger partial charge in [0.05, 0.1) is 7.11 Å². The molecule has 3 aromatic carbocycles. The monoisotopic (exact) mass is 513 g/mol. The maximum atomic E-state index is 11.8. The summed E-state index contributed by atoms with van der Waals surface area (Å²) in [6, 6.07) is 25.8. The maximum Gasteiger partial charge on any atom is 0.233 e. The predicted molar refractivity (Wildman–Crippen MR) is 143 cm³/mol. The van der Waals surface area contributed by atoms with E-state index in [-0.39, 0.29) is 11.6 Å². The van der Waals surface area contributed by atoms with Crippen LogP contribution in [-0.4, -0.2) is 54.9 Å².